The summed E-state index contributed by atoms with van der Waals surface area (Å²) in [4.78, 5) is 0. The minimum absolute atomic E-state index is 0.520. The number of nitriles is 1. The summed E-state index contributed by atoms with van der Waals surface area (Å²) in [5.41, 5.74) is 2.49. The van der Waals surface area contributed by atoms with Crippen LogP contribution in [0.25, 0.3) is 0 Å². The third kappa shape index (κ3) is 3.28. The van der Waals surface area contributed by atoms with E-state index < -0.39 is 0 Å². The zero-order chi connectivity index (χ0) is 13.8. The summed E-state index contributed by atoms with van der Waals surface area (Å²) in [6.07, 6.45) is 0. The van der Waals surface area contributed by atoms with E-state index in [-0.39, 0.29) is 0 Å². The summed E-state index contributed by atoms with van der Waals surface area (Å²) in [7, 11) is 0. The lowest BCUT2D eigenvalue weighted by atomic mass is 10.1. The summed E-state index contributed by atoms with van der Waals surface area (Å²) in [5, 5.41) is 10.5. The highest BCUT2D eigenvalue weighted by Gasteiger charge is 2.08. The summed E-state index contributed by atoms with van der Waals surface area (Å²) < 4.78 is 5.79. The predicted octanol–water partition coefficient (Wildman–Crippen LogP) is 5.21. The van der Waals surface area contributed by atoms with Crippen LogP contribution in [0.1, 0.15) is 16.7 Å². The van der Waals surface area contributed by atoms with Gasteiger partial charge in [0, 0.05) is 10.4 Å². The largest absolute Gasteiger partial charge is 0.456 e. The number of alkyl halides is 1. The van der Waals surface area contributed by atoms with E-state index >= 15 is 0 Å². The summed E-state index contributed by atoms with van der Waals surface area (Å²) in [5.74, 6) is 1.25. The van der Waals surface area contributed by atoms with Gasteiger partial charge in [0.2, 0.25) is 0 Å². The third-order valence-corrected chi connectivity index (χ3v) is 3.56. The van der Waals surface area contributed by atoms with Crippen LogP contribution in [0.15, 0.2) is 36.4 Å². The van der Waals surface area contributed by atoms with Gasteiger partial charge in [0.15, 0.2) is 0 Å². The number of hydrogen-bond acceptors (Lipinski definition) is 2. The fourth-order valence-electron chi connectivity index (χ4n) is 1.68. The van der Waals surface area contributed by atoms with Crippen LogP contribution in [0.5, 0.6) is 11.5 Å². The van der Waals surface area contributed by atoms with Gasteiger partial charge in [-0.25, -0.2) is 0 Å². The maximum absolute atomic E-state index is 9.16. The molecular formula is C15H11BrClNO. The van der Waals surface area contributed by atoms with Crippen LogP contribution in [0, 0.1) is 18.3 Å². The van der Waals surface area contributed by atoms with E-state index in [9.17, 15) is 0 Å². The molecule has 2 aromatic carbocycles. The Morgan fingerprint density at radius 3 is 2.58 bits per heavy atom. The van der Waals surface area contributed by atoms with E-state index in [2.05, 4.69) is 22.0 Å². The Kier molecular flexibility index (Phi) is 4.47. The topological polar surface area (TPSA) is 33.0 Å². The minimum Gasteiger partial charge on any atom is -0.456 e. The smallest absolute Gasteiger partial charge is 0.145 e. The second-order valence-corrected chi connectivity index (χ2v) is 5.08. The van der Waals surface area contributed by atoms with Crippen LogP contribution in [0.3, 0.4) is 0 Å². The molecule has 2 nitrogen and oxygen atoms in total. The van der Waals surface area contributed by atoms with Crippen LogP contribution >= 0.6 is 27.5 Å². The van der Waals surface area contributed by atoms with Crippen molar-refractivity contribution in [3.8, 4) is 17.6 Å². The molecule has 0 aliphatic carbocycles. The van der Waals surface area contributed by atoms with Gasteiger partial charge in [-0.2, -0.15) is 5.26 Å². The molecule has 0 amide bonds. The average molecular weight is 337 g/mol. The SMILES string of the molecule is Cc1cc(Cl)ccc1Oc1ccc(CBr)cc1C#N. The highest BCUT2D eigenvalue weighted by Crippen LogP contribution is 2.30. The molecule has 0 aliphatic rings. The van der Waals surface area contributed by atoms with Gasteiger partial charge in [-0.05, 0) is 48.4 Å². The Morgan fingerprint density at radius 1 is 1.21 bits per heavy atom. The third-order valence-electron chi connectivity index (χ3n) is 2.68. The summed E-state index contributed by atoms with van der Waals surface area (Å²) >= 11 is 9.27. The predicted molar refractivity (Wildman–Crippen MR) is 80.1 cm³/mol. The molecule has 0 N–H and O–H groups in total. The first-order valence-electron chi connectivity index (χ1n) is 5.67. The molecule has 19 heavy (non-hydrogen) atoms. The van der Waals surface area contributed by atoms with Crippen molar-refractivity contribution in [2.75, 3.05) is 0 Å². The standard InChI is InChI=1S/C15H11BrClNO/c1-10-6-13(17)3-5-14(10)19-15-4-2-11(8-16)7-12(15)9-18/h2-7H,8H2,1H3. The molecule has 96 valence electrons. The average Bonchev–Trinajstić information content (AvgIpc) is 2.42. The Hall–Kier alpha value is -1.50. The van der Waals surface area contributed by atoms with Gasteiger partial charge in [-0.3, -0.25) is 0 Å². The maximum atomic E-state index is 9.16. The first kappa shape index (κ1) is 13.9. The van der Waals surface area contributed by atoms with Crippen LogP contribution in [0.2, 0.25) is 5.02 Å². The van der Waals surface area contributed by atoms with E-state index in [1.165, 1.54) is 0 Å². The van der Waals surface area contributed by atoms with Crippen molar-refractivity contribution >= 4 is 27.5 Å². The van der Waals surface area contributed by atoms with Gasteiger partial charge in [0.05, 0.1) is 5.56 Å². The molecule has 0 spiro atoms. The van der Waals surface area contributed by atoms with Crippen LogP contribution < -0.4 is 4.74 Å². The Bertz CT molecular complexity index is 649. The quantitative estimate of drug-likeness (QED) is 0.721. The molecular weight excluding hydrogens is 326 g/mol. The second-order valence-electron chi connectivity index (χ2n) is 4.09. The van der Waals surface area contributed by atoms with Gasteiger partial charge in [0.1, 0.15) is 17.6 Å². The molecule has 0 atom stereocenters. The summed E-state index contributed by atoms with van der Waals surface area (Å²) in [6.45, 7) is 1.92. The van der Waals surface area contributed by atoms with Crippen LogP contribution in [0.4, 0.5) is 0 Å². The summed E-state index contributed by atoms with van der Waals surface area (Å²) in [6, 6.07) is 13.1. The first-order chi connectivity index (χ1) is 9.13. The van der Waals surface area contributed by atoms with Crippen molar-refractivity contribution < 1.29 is 4.74 Å². The number of halogens is 2. The molecule has 0 aliphatic heterocycles. The van der Waals surface area contributed by atoms with Gasteiger partial charge in [-0.1, -0.05) is 33.6 Å². The Labute approximate surface area is 125 Å². The lowest BCUT2D eigenvalue weighted by Crippen LogP contribution is -1.92. The monoisotopic (exact) mass is 335 g/mol. The zero-order valence-corrected chi connectivity index (χ0v) is 12.6. The number of ether oxygens (including phenoxy) is 1. The number of hydrogen-bond donors (Lipinski definition) is 0. The number of benzene rings is 2. The molecule has 0 radical (unpaired) electrons. The Morgan fingerprint density at radius 2 is 1.95 bits per heavy atom. The highest BCUT2D eigenvalue weighted by molar-refractivity contribution is 9.08. The van der Waals surface area contributed by atoms with Crippen LogP contribution in [-0.2, 0) is 5.33 Å². The molecule has 0 bridgehead atoms. The number of nitrogens with zero attached hydrogens (tertiary/aromatic N) is 1. The molecule has 2 aromatic rings. The van der Waals surface area contributed by atoms with E-state index in [1.807, 2.05) is 31.2 Å². The van der Waals surface area contributed by atoms with Crippen molar-refractivity contribution in [2.45, 2.75) is 12.3 Å². The van der Waals surface area contributed by atoms with E-state index in [1.54, 1.807) is 12.1 Å². The van der Waals surface area contributed by atoms with Crippen molar-refractivity contribution in [3.05, 3.63) is 58.1 Å². The van der Waals surface area contributed by atoms with E-state index in [4.69, 9.17) is 21.6 Å². The van der Waals surface area contributed by atoms with Gasteiger partial charge < -0.3 is 4.74 Å². The van der Waals surface area contributed by atoms with Crippen molar-refractivity contribution in [3.63, 3.8) is 0 Å². The fourth-order valence-corrected chi connectivity index (χ4v) is 2.26. The maximum Gasteiger partial charge on any atom is 0.145 e. The van der Waals surface area contributed by atoms with Gasteiger partial charge in [0.25, 0.3) is 0 Å². The highest BCUT2D eigenvalue weighted by atomic mass is 79.9. The van der Waals surface area contributed by atoms with Crippen molar-refractivity contribution in [1.82, 2.24) is 0 Å². The van der Waals surface area contributed by atoms with Crippen LogP contribution in [-0.4, -0.2) is 0 Å². The van der Waals surface area contributed by atoms with Gasteiger partial charge >= 0.3 is 0 Å². The molecule has 2 rings (SSSR count). The van der Waals surface area contributed by atoms with Crippen molar-refractivity contribution in [2.24, 2.45) is 0 Å². The molecule has 0 saturated heterocycles. The minimum atomic E-state index is 0.520. The molecule has 0 heterocycles. The zero-order valence-electron chi connectivity index (χ0n) is 10.3. The van der Waals surface area contributed by atoms with E-state index in [0.29, 0.717) is 27.4 Å². The Balaban J connectivity index is 2.35. The van der Waals surface area contributed by atoms with Gasteiger partial charge in [-0.15, -0.1) is 0 Å². The normalized spacial score (nSPS) is 10.0. The van der Waals surface area contributed by atoms with Crippen molar-refractivity contribution in [1.29, 1.82) is 5.26 Å². The number of aryl methyl sites for hydroxylation is 1. The van der Waals surface area contributed by atoms with E-state index in [0.717, 1.165) is 11.1 Å². The molecule has 0 aromatic heterocycles. The lowest BCUT2D eigenvalue weighted by molar-refractivity contribution is 0.477. The molecule has 0 unspecified atom stereocenters. The molecule has 4 heteroatoms. The number of rotatable bonds is 3. The fraction of sp³-hybridized carbons (Fsp3) is 0.133. The first-order valence-corrected chi connectivity index (χ1v) is 7.17. The molecule has 0 fully saturated rings. The molecule has 0 saturated carbocycles. The lowest BCUT2D eigenvalue weighted by Gasteiger charge is -2.11. The second kappa shape index (κ2) is 6.10.